The zero-order chi connectivity index (χ0) is 24.7. The van der Waals surface area contributed by atoms with Gasteiger partial charge in [-0.3, -0.25) is 9.59 Å². The van der Waals surface area contributed by atoms with Gasteiger partial charge < -0.3 is 19.9 Å². The average molecular weight is 520 g/mol. The number of amides is 2. The van der Waals surface area contributed by atoms with Crippen molar-refractivity contribution in [2.24, 2.45) is 0 Å². The van der Waals surface area contributed by atoms with E-state index in [9.17, 15) is 9.59 Å². The Balaban J connectivity index is 1.06. The number of para-hydroxylation sites is 1. The van der Waals surface area contributed by atoms with Crippen molar-refractivity contribution in [3.05, 3.63) is 72.8 Å². The number of anilines is 2. The minimum Gasteiger partial charge on any atom is -0.484 e. The fourth-order valence-electron chi connectivity index (χ4n) is 3.88. The molecule has 0 spiro atoms. The summed E-state index contributed by atoms with van der Waals surface area (Å²) in [6, 6.07) is 23.3. The maximum Gasteiger partial charge on any atom is 0.260 e. The lowest BCUT2D eigenvalue weighted by molar-refractivity contribution is -0.133. The zero-order valence-electron chi connectivity index (χ0n) is 19.5. The number of nitrogens with zero attached hydrogens (tertiary/aromatic N) is 4. The van der Waals surface area contributed by atoms with E-state index in [1.807, 2.05) is 77.7 Å². The molecule has 1 aromatic heterocycles. The van der Waals surface area contributed by atoms with Crippen molar-refractivity contribution in [2.75, 3.05) is 48.8 Å². The number of hydrogen-bond donors (Lipinski definition) is 1. The highest BCUT2D eigenvalue weighted by atomic mass is 32.2. The summed E-state index contributed by atoms with van der Waals surface area (Å²) in [5, 5.41) is 14.4. The number of aromatic nitrogens is 2. The molecule has 3 aromatic carbocycles. The molecule has 1 N–H and O–H groups in total. The second-order valence-corrected chi connectivity index (χ2v) is 10.4. The maximum absolute atomic E-state index is 12.7. The van der Waals surface area contributed by atoms with Gasteiger partial charge in [0.2, 0.25) is 11.0 Å². The van der Waals surface area contributed by atoms with Crippen LogP contribution in [-0.2, 0) is 9.59 Å². The molecule has 1 fully saturated rings. The summed E-state index contributed by atoms with van der Waals surface area (Å²) in [6.45, 7) is 2.57. The molecule has 8 nitrogen and oxygen atoms in total. The normalized spacial score (nSPS) is 13.6. The van der Waals surface area contributed by atoms with Gasteiger partial charge in [0.15, 0.2) is 10.9 Å². The van der Waals surface area contributed by atoms with Crippen LogP contribution in [0.1, 0.15) is 0 Å². The van der Waals surface area contributed by atoms with E-state index in [0.717, 1.165) is 25.9 Å². The number of carbonyl (C=O) groups is 2. The van der Waals surface area contributed by atoms with Crippen molar-refractivity contribution in [1.82, 2.24) is 15.1 Å². The maximum atomic E-state index is 12.7. The van der Waals surface area contributed by atoms with Crippen LogP contribution in [0, 0.1) is 0 Å². The molecule has 0 saturated carbocycles. The van der Waals surface area contributed by atoms with Crippen LogP contribution < -0.4 is 15.0 Å². The van der Waals surface area contributed by atoms with Gasteiger partial charge in [-0.1, -0.05) is 71.6 Å². The first-order chi connectivity index (χ1) is 17.6. The molecule has 2 heterocycles. The van der Waals surface area contributed by atoms with Crippen LogP contribution in [0.15, 0.2) is 77.1 Å². The summed E-state index contributed by atoms with van der Waals surface area (Å²) in [5.74, 6) is 0.849. The number of benzene rings is 3. The lowest BCUT2D eigenvalue weighted by Crippen LogP contribution is -2.50. The second-order valence-electron chi connectivity index (χ2n) is 8.22. The summed E-state index contributed by atoms with van der Waals surface area (Å²) >= 11 is 2.83. The van der Waals surface area contributed by atoms with Crippen molar-refractivity contribution in [2.45, 2.75) is 4.34 Å². The molecule has 1 saturated heterocycles. The topological polar surface area (TPSA) is 87.7 Å². The van der Waals surface area contributed by atoms with Gasteiger partial charge in [0.05, 0.1) is 5.75 Å². The highest BCUT2D eigenvalue weighted by Gasteiger charge is 2.24. The number of carbonyl (C=O) groups excluding carboxylic acids is 2. The van der Waals surface area contributed by atoms with Crippen molar-refractivity contribution in [3.63, 3.8) is 0 Å². The van der Waals surface area contributed by atoms with E-state index < -0.39 is 0 Å². The molecule has 5 rings (SSSR count). The molecule has 1 aliphatic rings. The van der Waals surface area contributed by atoms with Crippen LogP contribution in [0.25, 0.3) is 10.8 Å². The smallest absolute Gasteiger partial charge is 0.260 e. The molecule has 10 heteroatoms. The first-order valence-corrected chi connectivity index (χ1v) is 13.4. The third kappa shape index (κ3) is 6.13. The fraction of sp³-hybridized carbons (Fsp3) is 0.231. The predicted octanol–water partition coefficient (Wildman–Crippen LogP) is 4.15. The van der Waals surface area contributed by atoms with Gasteiger partial charge in [-0.15, -0.1) is 10.2 Å². The molecule has 36 heavy (non-hydrogen) atoms. The lowest BCUT2D eigenvalue weighted by atomic mass is 10.1. The third-order valence-electron chi connectivity index (χ3n) is 5.77. The monoisotopic (exact) mass is 519 g/mol. The average Bonchev–Trinajstić information content (AvgIpc) is 3.40. The quantitative estimate of drug-likeness (QED) is 0.350. The summed E-state index contributed by atoms with van der Waals surface area (Å²) in [7, 11) is 0. The van der Waals surface area contributed by atoms with Gasteiger partial charge in [-0.2, -0.15) is 0 Å². The predicted molar refractivity (Wildman–Crippen MR) is 144 cm³/mol. The fourth-order valence-corrected chi connectivity index (χ4v) is 5.57. The van der Waals surface area contributed by atoms with E-state index >= 15 is 0 Å². The first-order valence-electron chi connectivity index (χ1n) is 11.6. The molecular weight excluding hydrogens is 494 g/mol. The van der Waals surface area contributed by atoms with Crippen LogP contribution in [0.4, 0.5) is 10.8 Å². The Morgan fingerprint density at radius 1 is 0.917 bits per heavy atom. The standard InChI is InChI=1S/C26H25N5O3S2/c32-23(27-21-8-2-1-3-9-21)18-35-26-29-28-25(36-26)31-14-12-30(13-15-31)24(33)17-34-22-11-10-19-6-4-5-7-20(19)16-22/h1-11,16H,12-15,17-18H2,(H,27,32). The molecule has 4 aromatic rings. The van der Waals surface area contributed by atoms with Crippen LogP contribution in [0.5, 0.6) is 5.75 Å². The van der Waals surface area contributed by atoms with Gasteiger partial charge >= 0.3 is 0 Å². The van der Waals surface area contributed by atoms with E-state index in [0.29, 0.717) is 31.9 Å². The molecule has 0 unspecified atom stereocenters. The Kier molecular flexibility index (Phi) is 7.63. The van der Waals surface area contributed by atoms with Gasteiger partial charge in [0.25, 0.3) is 5.91 Å². The van der Waals surface area contributed by atoms with E-state index in [2.05, 4.69) is 20.4 Å². The molecule has 0 bridgehead atoms. The molecule has 2 amide bonds. The van der Waals surface area contributed by atoms with Gasteiger partial charge in [-0.05, 0) is 35.0 Å². The van der Waals surface area contributed by atoms with Crippen molar-refractivity contribution in [1.29, 1.82) is 0 Å². The van der Waals surface area contributed by atoms with Crippen LogP contribution in [0.3, 0.4) is 0 Å². The highest BCUT2D eigenvalue weighted by molar-refractivity contribution is 8.01. The third-order valence-corrected chi connectivity index (χ3v) is 7.88. The number of nitrogens with one attached hydrogen (secondary N) is 1. The van der Waals surface area contributed by atoms with E-state index in [1.54, 1.807) is 0 Å². The number of hydrogen-bond acceptors (Lipinski definition) is 8. The molecule has 0 radical (unpaired) electrons. The Bertz CT molecular complexity index is 1340. The highest BCUT2D eigenvalue weighted by Crippen LogP contribution is 2.29. The van der Waals surface area contributed by atoms with Crippen molar-refractivity contribution in [3.8, 4) is 5.75 Å². The van der Waals surface area contributed by atoms with E-state index in [1.165, 1.54) is 23.1 Å². The molecule has 0 atom stereocenters. The number of ether oxygens (including phenoxy) is 1. The van der Waals surface area contributed by atoms with Crippen LogP contribution in [0.2, 0.25) is 0 Å². The van der Waals surface area contributed by atoms with Gasteiger partial charge in [0, 0.05) is 31.9 Å². The summed E-state index contributed by atoms with van der Waals surface area (Å²) < 4.78 is 6.51. The van der Waals surface area contributed by atoms with Crippen LogP contribution in [-0.4, -0.2) is 65.5 Å². The van der Waals surface area contributed by atoms with Crippen molar-refractivity contribution >= 4 is 56.5 Å². The van der Waals surface area contributed by atoms with Crippen molar-refractivity contribution < 1.29 is 14.3 Å². The number of fused-ring (bicyclic) bond motifs is 1. The largest absolute Gasteiger partial charge is 0.484 e. The number of piperazine rings is 1. The summed E-state index contributed by atoms with van der Waals surface area (Å²) in [4.78, 5) is 28.8. The Morgan fingerprint density at radius 3 is 2.47 bits per heavy atom. The minimum absolute atomic E-state index is 0.0168. The SMILES string of the molecule is O=C(CSc1nnc(N2CCN(C(=O)COc3ccc4ccccc4c3)CC2)s1)Nc1ccccc1. The minimum atomic E-state index is -0.0824. The zero-order valence-corrected chi connectivity index (χ0v) is 21.1. The number of rotatable bonds is 8. The summed E-state index contributed by atoms with van der Waals surface area (Å²) in [6.07, 6.45) is 0. The van der Waals surface area contributed by atoms with Crippen LogP contribution >= 0.6 is 23.1 Å². The van der Waals surface area contributed by atoms with E-state index in [4.69, 9.17) is 4.74 Å². The Hall–Kier alpha value is -3.63. The Morgan fingerprint density at radius 2 is 1.67 bits per heavy atom. The molecule has 1 aliphatic heterocycles. The lowest BCUT2D eigenvalue weighted by Gasteiger charge is -2.34. The first kappa shape index (κ1) is 24.1. The molecular formula is C26H25N5O3S2. The molecule has 0 aliphatic carbocycles. The molecule has 184 valence electrons. The van der Waals surface area contributed by atoms with E-state index in [-0.39, 0.29) is 24.2 Å². The Labute approximate surface area is 217 Å². The number of thioether (sulfide) groups is 1. The van der Waals surface area contributed by atoms with Gasteiger partial charge in [0.1, 0.15) is 5.75 Å². The summed E-state index contributed by atoms with van der Waals surface area (Å²) in [5.41, 5.74) is 0.774. The van der Waals surface area contributed by atoms with Gasteiger partial charge in [-0.25, -0.2) is 0 Å². The second kappa shape index (κ2) is 11.4.